The number of alkyl halides is 3. The van der Waals surface area contributed by atoms with E-state index in [0.29, 0.717) is 69.8 Å². The molecule has 4 aromatic carbocycles. The summed E-state index contributed by atoms with van der Waals surface area (Å²) in [7, 11) is -7.05. The molecule has 64 heavy (non-hydrogen) atoms. The summed E-state index contributed by atoms with van der Waals surface area (Å²) in [5.41, 5.74) is -1.40. The first-order valence-corrected chi connectivity index (χ1v) is 25.6. The molecule has 342 valence electrons. The van der Waals surface area contributed by atoms with E-state index in [4.69, 9.17) is 34.8 Å². The zero-order valence-corrected chi connectivity index (χ0v) is 39.7. The maximum atomic E-state index is 14.2. The van der Waals surface area contributed by atoms with Gasteiger partial charge in [-0.05, 0) is 119 Å². The van der Waals surface area contributed by atoms with Crippen molar-refractivity contribution in [2.75, 3.05) is 56.1 Å². The smallest absolute Gasteiger partial charge is 0.380 e. The fourth-order valence-electron chi connectivity index (χ4n) is 7.98. The van der Waals surface area contributed by atoms with E-state index in [1.807, 2.05) is 49.3 Å². The van der Waals surface area contributed by atoms with Crippen molar-refractivity contribution >= 4 is 77.9 Å². The first kappa shape index (κ1) is 48.3. The highest BCUT2D eigenvalue weighted by Crippen LogP contribution is 2.39. The predicted octanol–water partition coefficient (Wildman–Crippen LogP) is 9.75. The van der Waals surface area contributed by atoms with Crippen molar-refractivity contribution < 1.29 is 30.0 Å². The minimum atomic E-state index is -6.04. The minimum absolute atomic E-state index is 0.0136. The number of likely N-dealkylation sites (tertiary alicyclic amines) is 1. The Kier molecular flexibility index (Phi) is 15.4. The molecule has 2 N–H and O–H groups in total. The van der Waals surface area contributed by atoms with E-state index in [0.717, 1.165) is 50.2 Å². The fraction of sp³-hybridized carbons (Fsp3) is 0.364. The molecule has 0 saturated carbocycles. The summed E-state index contributed by atoms with van der Waals surface area (Å²) in [5.74, 6) is 0.223. The second-order valence-corrected chi connectivity index (χ2v) is 21.9. The SMILES string of the molecule is CN(C)CCC(CSc1c(Cl)cccc1Cl)Nc1ccc(S(=O)(=O)Nc2ncnc3c2CCN(C2CCN(Cc4ccccc4-c4ccc(Cl)cc4)CC2)C3)cc1S(=O)(=O)C(F)(F)F. The van der Waals surface area contributed by atoms with Crippen LogP contribution in [0.25, 0.3) is 11.1 Å². The Balaban J connectivity index is 1.05. The molecule has 1 fully saturated rings. The zero-order chi connectivity index (χ0) is 45.8. The van der Waals surface area contributed by atoms with Gasteiger partial charge in [0.2, 0.25) is 0 Å². The third-order valence-corrected chi connectivity index (χ3v) is 16.7. The van der Waals surface area contributed by atoms with Crippen molar-refractivity contribution in [3.63, 3.8) is 0 Å². The maximum Gasteiger partial charge on any atom is 0.501 e. The van der Waals surface area contributed by atoms with Gasteiger partial charge in [0, 0.05) is 53.0 Å². The number of nitrogens with one attached hydrogen (secondary N) is 2. The number of hydrogen-bond acceptors (Lipinski definition) is 11. The van der Waals surface area contributed by atoms with Gasteiger partial charge >= 0.3 is 5.51 Å². The average molecular weight is 997 g/mol. The van der Waals surface area contributed by atoms with Crippen molar-refractivity contribution in [1.29, 1.82) is 0 Å². The van der Waals surface area contributed by atoms with Crippen LogP contribution in [-0.4, -0.2) is 105 Å². The fourth-order valence-corrected chi connectivity index (χ4v) is 12.0. The van der Waals surface area contributed by atoms with E-state index in [1.54, 1.807) is 18.2 Å². The van der Waals surface area contributed by atoms with E-state index in [9.17, 15) is 30.0 Å². The van der Waals surface area contributed by atoms with Crippen LogP contribution in [0.2, 0.25) is 15.1 Å². The number of sulfone groups is 1. The number of anilines is 2. The van der Waals surface area contributed by atoms with Crippen LogP contribution in [0, 0.1) is 0 Å². The number of aromatic nitrogens is 2. The lowest BCUT2D eigenvalue weighted by molar-refractivity contribution is -0.0435. The number of sulfonamides is 1. The number of piperidine rings is 1. The molecule has 0 aliphatic carbocycles. The monoisotopic (exact) mass is 995 g/mol. The molecular formula is C44H47Cl3F3N7O4S3. The van der Waals surface area contributed by atoms with Crippen LogP contribution in [0.15, 0.2) is 106 Å². The highest BCUT2D eigenvalue weighted by molar-refractivity contribution is 7.99. The van der Waals surface area contributed by atoms with Crippen molar-refractivity contribution in [2.24, 2.45) is 0 Å². The van der Waals surface area contributed by atoms with Crippen LogP contribution >= 0.6 is 46.6 Å². The molecule has 5 aromatic rings. The second-order valence-electron chi connectivity index (χ2n) is 16.0. The van der Waals surface area contributed by atoms with E-state index in [2.05, 4.69) is 48.0 Å². The standard InChI is InChI=1S/C44H47Cl3F3N7O4S3/c1-55(2)20-16-32(27-62-42-37(46)8-5-9-38(42)47)53-39-15-14-34(24-41(39)63(58,59)44(48,49)50)64(60,61)54-43-36-19-23-57(26-40(36)51-28-52-43)33-17-21-56(22-18-33)25-30-6-3-4-7-35(30)29-10-12-31(45)13-11-29/h3-15,24,28,32-33,53H,16-23,25-27H2,1-2H3,(H,51,52,54). The number of rotatable bonds is 16. The number of nitrogens with zero attached hydrogens (tertiary/aromatic N) is 5. The first-order chi connectivity index (χ1) is 30.4. The predicted molar refractivity (Wildman–Crippen MR) is 250 cm³/mol. The third kappa shape index (κ3) is 11.5. The van der Waals surface area contributed by atoms with Gasteiger partial charge in [-0.15, -0.1) is 11.8 Å². The minimum Gasteiger partial charge on any atom is -0.380 e. The first-order valence-electron chi connectivity index (χ1n) is 20.5. The Bertz CT molecular complexity index is 2650. The molecule has 20 heteroatoms. The Morgan fingerprint density at radius 2 is 1.59 bits per heavy atom. The maximum absolute atomic E-state index is 14.2. The lowest BCUT2D eigenvalue weighted by Gasteiger charge is -2.40. The van der Waals surface area contributed by atoms with Crippen LogP contribution in [0.4, 0.5) is 24.7 Å². The summed E-state index contributed by atoms with van der Waals surface area (Å²) in [6, 6.07) is 23.6. The molecule has 1 atom stereocenters. The lowest BCUT2D eigenvalue weighted by Crippen LogP contribution is -2.46. The summed E-state index contributed by atoms with van der Waals surface area (Å²) in [6.07, 6.45) is 3.91. The third-order valence-electron chi connectivity index (χ3n) is 11.4. The molecule has 2 aliphatic rings. The lowest BCUT2D eigenvalue weighted by atomic mass is 9.96. The molecule has 0 spiro atoms. The van der Waals surface area contributed by atoms with Crippen LogP contribution in [0.3, 0.4) is 0 Å². The average Bonchev–Trinajstić information content (AvgIpc) is 3.25. The number of halogens is 6. The zero-order valence-electron chi connectivity index (χ0n) is 35.0. The molecule has 1 saturated heterocycles. The van der Waals surface area contributed by atoms with E-state index >= 15 is 0 Å². The van der Waals surface area contributed by atoms with E-state index in [1.165, 1.54) is 29.2 Å². The van der Waals surface area contributed by atoms with Crippen LogP contribution in [-0.2, 0) is 39.4 Å². The van der Waals surface area contributed by atoms with E-state index in [-0.39, 0.29) is 17.6 Å². The normalized spacial score (nSPS) is 16.1. The van der Waals surface area contributed by atoms with Gasteiger partial charge in [0.05, 0.1) is 26.3 Å². The summed E-state index contributed by atoms with van der Waals surface area (Å²) in [5, 5.41) is 4.41. The van der Waals surface area contributed by atoms with Crippen LogP contribution in [0.1, 0.15) is 36.1 Å². The molecule has 2 aliphatic heterocycles. The van der Waals surface area contributed by atoms with Crippen molar-refractivity contribution in [3.8, 4) is 11.1 Å². The molecule has 3 heterocycles. The highest BCUT2D eigenvalue weighted by atomic mass is 35.5. The van der Waals surface area contributed by atoms with Crippen LogP contribution < -0.4 is 10.0 Å². The van der Waals surface area contributed by atoms with Gasteiger partial charge in [0.1, 0.15) is 17.0 Å². The Morgan fingerprint density at radius 1 is 0.891 bits per heavy atom. The van der Waals surface area contributed by atoms with Gasteiger partial charge in [-0.1, -0.05) is 77.3 Å². The number of fused-ring (bicyclic) bond motifs is 1. The summed E-state index contributed by atoms with van der Waals surface area (Å²) in [4.78, 5) is 14.0. The molecule has 0 amide bonds. The number of benzene rings is 4. The molecule has 1 aromatic heterocycles. The molecule has 1 unspecified atom stereocenters. The molecule has 0 radical (unpaired) electrons. The van der Waals surface area contributed by atoms with Gasteiger partial charge < -0.3 is 10.2 Å². The molecule has 0 bridgehead atoms. The highest BCUT2D eigenvalue weighted by Gasteiger charge is 2.48. The van der Waals surface area contributed by atoms with E-state index < -0.39 is 46.9 Å². The Morgan fingerprint density at radius 3 is 2.28 bits per heavy atom. The van der Waals surface area contributed by atoms with Gasteiger partial charge in [0.15, 0.2) is 0 Å². The molecule has 11 nitrogen and oxygen atoms in total. The topological polar surface area (TPSA) is 128 Å². The van der Waals surface area contributed by atoms with Gasteiger partial charge in [-0.2, -0.15) is 13.2 Å². The number of hydrogen-bond donors (Lipinski definition) is 2. The Labute approximate surface area is 391 Å². The van der Waals surface area contributed by atoms with Gasteiger partial charge in [-0.3, -0.25) is 14.5 Å². The van der Waals surface area contributed by atoms with Crippen molar-refractivity contribution in [3.05, 3.63) is 123 Å². The van der Waals surface area contributed by atoms with Crippen molar-refractivity contribution in [2.45, 2.75) is 71.1 Å². The Hall–Kier alpha value is -3.65. The van der Waals surface area contributed by atoms with Crippen LogP contribution in [0.5, 0.6) is 0 Å². The second kappa shape index (κ2) is 20.5. The van der Waals surface area contributed by atoms with Crippen molar-refractivity contribution in [1.82, 2.24) is 24.7 Å². The summed E-state index contributed by atoms with van der Waals surface area (Å²) < 4.78 is 99.1. The summed E-state index contributed by atoms with van der Waals surface area (Å²) in [6.45, 7) is 4.17. The summed E-state index contributed by atoms with van der Waals surface area (Å²) >= 11 is 20.1. The van der Waals surface area contributed by atoms with Gasteiger partial charge in [0.25, 0.3) is 19.9 Å². The number of thioether (sulfide) groups is 1. The quantitative estimate of drug-likeness (QED) is 0.0918. The molecular weight excluding hydrogens is 950 g/mol. The largest absolute Gasteiger partial charge is 0.501 e. The molecule has 7 rings (SSSR count). The van der Waals surface area contributed by atoms with Gasteiger partial charge in [-0.25, -0.2) is 26.8 Å².